The van der Waals surface area contributed by atoms with Gasteiger partial charge in [0.05, 0.1) is 11.4 Å². The summed E-state index contributed by atoms with van der Waals surface area (Å²) in [6, 6.07) is 18.8. The monoisotopic (exact) mass is 374 g/mol. The number of nitrogens with one attached hydrogen (secondary N) is 1. The number of fused-ring (bicyclic) bond motifs is 1. The van der Waals surface area contributed by atoms with Crippen LogP contribution in [-0.4, -0.2) is 16.8 Å². The van der Waals surface area contributed by atoms with Crippen molar-refractivity contribution in [3.05, 3.63) is 83.6 Å². The van der Waals surface area contributed by atoms with Crippen molar-refractivity contribution >= 4 is 18.5 Å². The summed E-state index contributed by atoms with van der Waals surface area (Å²) in [6.45, 7) is 2.91. The van der Waals surface area contributed by atoms with Crippen LogP contribution < -0.4 is 11.5 Å². The number of nitrogens with zero attached hydrogens (tertiary/aromatic N) is 1. The summed E-state index contributed by atoms with van der Waals surface area (Å²) in [6.07, 6.45) is 6.17. The van der Waals surface area contributed by atoms with Gasteiger partial charge in [-0.3, -0.25) is 4.98 Å². The first-order valence-corrected chi connectivity index (χ1v) is 9.03. The largest absolute Gasteiger partial charge is 0.508 e. The maximum Gasteiger partial charge on any atom is 0.115 e. The summed E-state index contributed by atoms with van der Waals surface area (Å²) in [5.41, 5.74) is 18.0. The number of anilines is 1. The Kier molecular flexibility index (Phi) is 7.93. The third kappa shape index (κ3) is 5.05. The molecule has 5 heteroatoms. The molecular weight excluding hydrogens is 348 g/mol. The number of benzene rings is 2. The van der Waals surface area contributed by atoms with Crippen LogP contribution in [0, 0.1) is 5.41 Å². The first-order chi connectivity index (χ1) is 13.7. The number of phenolic OH excluding ortho intramolecular Hbond substituents is 1. The number of rotatable bonds is 2. The van der Waals surface area contributed by atoms with E-state index in [1.54, 1.807) is 24.3 Å². The molecule has 0 radical (unpaired) electrons. The van der Waals surface area contributed by atoms with E-state index in [0.29, 0.717) is 12.3 Å². The highest BCUT2D eigenvalue weighted by molar-refractivity contribution is 5.78. The third-order valence-corrected chi connectivity index (χ3v) is 4.30. The molecular formula is C23H26N4O. The van der Waals surface area contributed by atoms with Gasteiger partial charge >= 0.3 is 0 Å². The number of aromatic nitrogens is 1. The van der Waals surface area contributed by atoms with Crippen molar-refractivity contribution in [1.29, 1.82) is 5.41 Å². The fourth-order valence-corrected chi connectivity index (χ4v) is 2.98. The van der Waals surface area contributed by atoms with Crippen LogP contribution >= 0.6 is 0 Å². The zero-order valence-corrected chi connectivity index (χ0v) is 15.8. The SMILES string of the molecule is C=N.NCc1c(-c2ccccc2)nc2c(c1N)C=CCC2.Oc1ccccc1. The second-order valence-corrected chi connectivity index (χ2v) is 6.06. The topological polar surface area (TPSA) is 109 Å². The molecule has 0 fully saturated rings. The molecule has 1 aliphatic carbocycles. The predicted molar refractivity (Wildman–Crippen MR) is 117 cm³/mol. The summed E-state index contributed by atoms with van der Waals surface area (Å²) in [7, 11) is 0. The molecule has 4 rings (SSSR count). The number of pyridine rings is 1. The van der Waals surface area contributed by atoms with E-state index >= 15 is 0 Å². The Morgan fingerprint density at radius 1 is 1.00 bits per heavy atom. The van der Waals surface area contributed by atoms with E-state index in [2.05, 4.69) is 18.9 Å². The van der Waals surface area contributed by atoms with Gasteiger partial charge in [0.25, 0.3) is 0 Å². The Labute approximate surface area is 165 Å². The van der Waals surface area contributed by atoms with Gasteiger partial charge < -0.3 is 22.0 Å². The highest BCUT2D eigenvalue weighted by atomic mass is 16.3. The minimum Gasteiger partial charge on any atom is -0.508 e. The van der Waals surface area contributed by atoms with Crippen LogP contribution in [0.1, 0.15) is 23.2 Å². The average Bonchev–Trinajstić information content (AvgIpc) is 2.77. The van der Waals surface area contributed by atoms with Crippen LogP contribution in [0.5, 0.6) is 5.75 Å². The predicted octanol–water partition coefficient (Wildman–Crippen LogP) is 4.41. The summed E-state index contributed by atoms with van der Waals surface area (Å²) >= 11 is 0. The van der Waals surface area contributed by atoms with E-state index in [9.17, 15) is 0 Å². The van der Waals surface area contributed by atoms with E-state index in [1.807, 2.05) is 36.4 Å². The molecule has 2 aromatic carbocycles. The zero-order chi connectivity index (χ0) is 20.4. The molecule has 0 aliphatic heterocycles. The molecule has 6 N–H and O–H groups in total. The van der Waals surface area contributed by atoms with Gasteiger partial charge in [0.2, 0.25) is 0 Å². The highest BCUT2D eigenvalue weighted by Gasteiger charge is 2.17. The molecule has 0 spiro atoms. The zero-order valence-electron chi connectivity index (χ0n) is 15.8. The Hall–Kier alpha value is -3.44. The van der Waals surface area contributed by atoms with Crippen molar-refractivity contribution in [1.82, 2.24) is 4.98 Å². The molecule has 1 aromatic heterocycles. The molecule has 0 bridgehead atoms. The van der Waals surface area contributed by atoms with Crippen LogP contribution in [0.4, 0.5) is 5.69 Å². The van der Waals surface area contributed by atoms with Gasteiger partial charge in [-0.2, -0.15) is 0 Å². The minimum atomic E-state index is 0.322. The second kappa shape index (κ2) is 10.6. The average molecular weight is 374 g/mol. The third-order valence-electron chi connectivity index (χ3n) is 4.30. The molecule has 28 heavy (non-hydrogen) atoms. The number of aromatic hydroxyl groups is 1. The van der Waals surface area contributed by atoms with Gasteiger partial charge in [-0.15, -0.1) is 0 Å². The molecule has 1 heterocycles. The van der Waals surface area contributed by atoms with Crippen LogP contribution in [-0.2, 0) is 13.0 Å². The van der Waals surface area contributed by atoms with Crippen molar-refractivity contribution in [2.45, 2.75) is 19.4 Å². The van der Waals surface area contributed by atoms with Gasteiger partial charge in [-0.1, -0.05) is 60.7 Å². The number of hydrogen-bond acceptors (Lipinski definition) is 5. The lowest BCUT2D eigenvalue weighted by molar-refractivity contribution is 0.475. The first kappa shape index (κ1) is 20.9. The maximum atomic E-state index is 8.63. The molecule has 0 amide bonds. The summed E-state index contributed by atoms with van der Waals surface area (Å²) < 4.78 is 0. The van der Waals surface area contributed by atoms with Gasteiger partial charge in [0, 0.05) is 28.9 Å². The molecule has 5 nitrogen and oxygen atoms in total. The van der Waals surface area contributed by atoms with Gasteiger partial charge in [-0.25, -0.2) is 0 Å². The number of aryl methyl sites for hydroxylation is 1. The number of nitrogen functional groups attached to an aromatic ring is 1. The Balaban J connectivity index is 0.000000261. The van der Waals surface area contributed by atoms with Crippen molar-refractivity contribution < 1.29 is 5.11 Å². The molecule has 0 atom stereocenters. The van der Waals surface area contributed by atoms with Gasteiger partial charge in [-0.05, 0) is 31.7 Å². The number of phenols is 1. The van der Waals surface area contributed by atoms with E-state index < -0.39 is 0 Å². The van der Waals surface area contributed by atoms with Gasteiger partial charge in [0.15, 0.2) is 0 Å². The van der Waals surface area contributed by atoms with Crippen LogP contribution in [0.15, 0.2) is 66.7 Å². The molecule has 0 unspecified atom stereocenters. The van der Waals surface area contributed by atoms with E-state index in [4.69, 9.17) is 27.0 Å². The van der Waals surface area contributed by atoms with E-state index in [-0.39, 0.29) is 0 Å². The van der Waals surface area contributed by atoms with Crippen molar-refractivity contribution in [3.63, 3.8) is 0 Å². The lowest BCUT2D eigenvalue weighted by atomic mass is 9.95. The van der Waals surface area contributed by atoms with Crippen LogP contribution in [0.2, 0.25) is 0 Å². The lowest BCUT2D eigenvalue weighted by Crippen LogP contribution is -2.11. The minimum absolute atomic E-state index is 0.322. The molecule has 144 valence electrons. The molecule has 3 aromatic rings. The van der Waals surface area contributed by atoms with Crippen molar-refractivity contribution in [2.75, 3.05) is 5.73 Å². The smallest absolute Gasteiger partial charge is 0.115 e. The van der Waals surface area contributed by atoms with Crippen LogP contribution in [0.25, 0.3) is 17.3 Å². The normalized spacial score (nSPS) is 11.3. The van der Waals surface area contributed by atoms with Crippen molar-refractivity contribution in [2.24, 2.45) is 5.73 Å². The lowest BCUT2D eigenvalue weighted by Gasteiger charge is -2.18. The molecule has 0 saturated carbocycles. The summed E-state index contributed by atoms with van der Waals surface area (Å²) in [5.74, 6) is 0.322. The second-order valence-electron chi connectivity index (χ2n) is 6.06. The summed E-state index contributed by atoms with van der Waals surface area (Å²) in [5, 5.41) is 14.1. The first-order valence-electron chi connectivity index (χ1n) is 9.03. The molecule has 1 aliphatic rings. The standard InChI is InChI=1S/C16H17N3.C6H6O.CH3N/c17-10-13-15(18)12-8-4-5-9-14(12)19-16(13)11-6-2-1-3-7-11;7-6-4-2-1-3-5-6;1-2/h1-4,6-8H,5,9-10,17H2,(H2,18,19);1-5,7H;2H,1H2. The maximum absolute atomic E-state index is 8.63. The van der Waals surface area contributed by atoms with E-state index in [0.717, 1.165) is 46.6 Å². The van der Waals surface area contributed by atoms with Crippen molar-refractivity contribution in [3.8, 4) is 17.0 Å². The van der Waals surface area contributed by atoms with Crippen LogP contribution in [0.3, 0.4) is 0 Å². The fourth-order valence-electron chi connectivity index (χ4n) is 2.98. The number of hydrogen-bond donors (Lipinski definition) is 4. The van der Waals surface area contributed by atoms with E-state index in [1.165, 1.54) is 0 Å². The Morgan fingerprint density at radius 2 is 1.61 bits per heavy atom. The number of allylic oxidation sites excluding steroid dienone is 1. The fraction of sp³-hybridized carbons (Fsp3) is 0.130. The number of para-hydroxylation sites is 1. The summed E-state index contributed by atoms with van der Waals surface area (Å²) in [4.78, 5) is 4.80. The Bertz CT molecular complexity index is 909. The van der Waals surface area contributed by atoms with Gasteiger partial charge in [0.1, 0.15) is 5.75 Å². The number of nitrogens with two attached hydrogens (primary N) is 2. The quantitative estimate of drug-likeness (QED) is 0.498. The molecule has 0 saturated heterocycles. The highest BCUT2D eigenvalue weighted by Crippen LogP contribution is 2.33. The Morgan fingerprint density at radius 3 is 2.14 bits per heavy atom.